The summed E-state index contributed by atoms with van der Waals surface area (Å²) in [5.74, 6) is -1.20. The number of hydrogen-bond acceptors (Lipinski definition) is 8. The number of benzene rings is 1. The fourth-order valence-electron chi connectivity index (χ4n) is 2.73. The van der Waals surface area contributed by atoms with Crippen LogP contribution in [0.4, 0.5) is 17.3 Å². The molecule has 0 fully saturated rings. The molecule has 2 amide bonds. The second kappa shape index (κ2) is 16.2. The van der Waals surface area contributed by atoms with E-state index in [0.717, 1.165) is 24.8 Å². The van der Waals surface area contributed by atoms with Crippen LogP contribution in [0.2, 0.25) is 5.15 Å². The number of nitrogens with zero attached hydrogens (tertiary/aromatic N) is 4. The second-order valence-electron chi connectivity index (χ2n) is 7.11. The van der Waals surface area contributed by atoms with E-state index in [-0.39, 0.29) is 78.1 Å². The van der Waals surface area contributed by atoms with Gasteiger partial charge in [0, 0.05) is 18.7 Å². The number of rotatable bonds is 10. The Morgan fingerprint density at radius 3 is 2.22 bits per heavy atom. The number of hydrogen-bond donors (Lipinski definition) is 7. The number of carbonyl (C=O) groups is 2. The molecule has 0 bridgehead atoms. The van der Waals surface area contributed by atoms with Crippen LogP contribution in [0.5, 0.6) is 0 Å². The Kier molecular flexibility index (Phi) is 14.6. The number of halogens is 3. The van der Waals surface area contributed by atoms with Crippen LogP contribution >= 0.6 is 36.4 Å². The maximum atomic E-state index is 12.2. The minimum absolute atomic E-state index is 0. The molecule has 0 unspecified atom stereocenters. The van der Waals surface area contributed by atoms with Crippen molar-refractivity contribution in [1.82, 2.24) is 15.3 Å². The summed E-state index contributed by atoms with van der Waals surface area (Å²) in [6.07, 6.45) is 2.60. The SMILES string of the molecule is Cl.Cl.NC(N)=NCCC(=O)Nc1ccc(CCCCN=C(N)NC(=O)c2nc(Cl)c(N)nc2N)cc1. The van der Waals surface area contributed by atoms with Gasteiger partial charge in [-0.1, -0.05) is 23.7 Å². The molecule has 0 saturated carbocycles. The van der Waals surface area contributed by atoms with Crippen LogP contribution in [0, 0.1) is 0 Å². The first-order chi connectivity index (χ1) is 16.2. The van der Waals surface area contributed by atoms with Crippen LogP contribution < -0.4 is 39.3 Å². The molecule has 1 aromatic carbocycles. The second-order valence-corrected chi connectivity index (χ2v) is 7.47. The fraction of sp³-hybridized carbons (Fsp3) is 0.300. The van der Waals surface area contributed by atoms with Gasteiger partial charge in [-0.15, -0.1) is 24.8 Å². The van der Waals surface area contributed by atoms with E-state index in [2.05, 4.69) is 30.6 Å². The molecule has 1 heterocycles. The summed E-state index contributed by atoms with van der Waals surface area (Å²) in [5, 5.41) is 5.04. The zero-order valence-corrected chi connectivity index (χ0v) is 21.6. The van der Waals surface area contributed by atoms with Crippen molar-refractivity contribution in [3.05, 3.63) is 40.7 Å². The number of aromatic nitrogens is 2. The molecule has 12 N–H and O–H groups in total. The number of carbonyl (C=O) groups excluding carboxylic acids is 2. The third kappa shape index (κ3) is 11.3. The predicted molar refractivity (Wildman–Crippen MR) is 148 cm³/mol. The van der Waals surface area contributed by atoms with Gasteiger partial charge in [-0.25, -0.2) is 9.97 Å². The number of amides is 2. The van der Waals surface area contributed by atoms with Gasteiger partial charge in [-0.05, 0) is 37.0 Å². The van der Waals surface area contributed by atoms with E-state index < -0.39 is 5.91 Å². The lowest BCUT2D eigenvalue weighted by Gasteiger charge is -2.07. The third-order valence-corrected chi connectivity index (χ3v) is 4.67. The maximum Gasteiger partial charge on any atom is 0.280 e. The van der Waals surface area contributed by atoms with E-state index in [0.29, 0.717) is 12.2 Å². The molecule has 0 radical (unpaired) electrons. The van der Waals surface area contributed by atoms with E-state index in [1.54, 1.807) is 0 Å². The molecule has 16 heteroatoms. The first-order valence-corrected chi connectivity index (χ1v) is 10.7. The van der Waals surface area contributed by atoms with Crippen LogP contribution in [0.1, 0.15) is 35.3 Å². The molecule has 198 valence electrons. The highest BCUT2D eigenvalue weighted by molar-refractivity contribution is 6.31. The van der Waals surface area contributed by atoms with E-state index in [1.165, 1.54) is 0 Å². The van der Waals surface area contributed by atoms with E-state index in [1.807, 2.05) is 24.3 Å². The fourth-order valence-corrected chi connectivity index (χ4v) is 2.86. The van der Waals surface area contributed by atoms with Crippen LogP contribution in [0.15, 0.2) is 34.3 Å². The number of nitrogens with one attached hydrogen (secondary N) is 2. The quantitative estimate of drug-likeness (QED) is 0.123. The Bertz CT molecular complexity index is 1080. The van der Waals surface area contributed by atoms with E-state index in [9.17, 15) is 9.59 Å². The Morgan fingerprint density at radius 1 is 0.917 bits per heavy atom. The largest absolute Gasteiger partial charge is 0.382 e. The van der Waals surface area contributed by atoms with Crippen molar-refractivity contribution < 1.29 is 9.59 Å². The highest BCUT2D eigenvalue weighted by atomic mass is 35.5. The monoisotopic (exact) mass is 561 g/mol. The number of unbranched alkanes of at least 4 members (excludes halogenated alkanes) is 1. The maximum absolute atomic E-state index is 12.2. The molecule has 0 aliphatic heterocycles. The lowest BCUT2D eigenvalue weighted by molar-refractivity contribution is -0.116. The highest BCUT2D eigenvalue weighted by Crippen LogP contribution is 2.17. The molecule has 0 saturated heterocycles. The van der Waals surface area contributed by atoms with Crippen molar-refractivity contribution in [3.8, 4) is 0 Å². The standard InChI is InChI=1S/C20H28ClN11O2.2ClH/c21-15-17(23)31-16(22)14(30-15)18(34)32-20(26)28-9-2-1-3-11-4-6-12(7-5-11)29-13(33)8-10-27-19(24)25;;/h4-7H,1-3,8-10H2,(H,29,33)(H4,22,23,31)(H4,24,25,27)(H3,26,28,32,34);2*1H. The molecule has 0 aliphatic carbocycles. The van der Waals surface area contributed by atoms with Gasteiger partial charge in [0.25, 0.3) is 5.91 Å². The van der Waals surface area contributed by atoms with Gasteiger partial charge in [0.05, 0.1) is 6.54 Å². The van der Waals surface area contributed by atoms with Crippen molar-refractivity contribution in [2.75, 3.05) is 29.9 Å². The minimum Gasteiger partial charge on any atom is -0.382 e. The smallest absolute Gasteiger partial charge is 0.280 e. The van der Waals surface area contributed by atoms with Gasteiger partial charge in [-0.3, -0.25) is 24.9 Å². The number of nitrogens with two attached hydrogens (primary N) is 5. The Hall–Kier alpha value is -3.55. The highest BCUT2D eigenvalue weighted by Gasteiger charge is 2.16. The van der Waals surface area contributed by atoms with Crippen molar-refractivity contribution in [1.29, 1.82) is 0 Å². The molecule has 36 heavy (non-hydrogen) atoms. The van der Waals surface area contributed by atoms with Gasteiger partial charge < -0.3 is 34.0 Å². The predicted octanol–water partition coefficient (Wildman–Crippen LogP) is 0.807. The summed E-state index contributed by atoms with van der Waals surface area (Å²) in [6.45, 7) is 0.653. The first kappa shape index (κ1) is 32.5. The van der Waals surface area contributed by atoms with Gasteiger partial charge in [-0.2, -0.15) is 0 Å². The molecule has 0 aliphatic rings. The summed E-state index contributed by atoms with van der Waals surface area (Å²) in [4.78, 5) is 39.5. The summed E-state index contributed by atoms with van der Waals surface area (Å²) < 4.78 is 0. The summed E-state index contributed by atoms with van der Waals surface area (Å²) >= 11 is 5.77. The lowest BCUT2D eigenvalue weighted by atomic mass is 10.1. The van der Waals surface area contributed by atoms with Crippen molar-refractivity contribution in [3.63, 3.8) is 0 Å². The van der Waals surface area contributed by atoms with Crippen LogP contribution in [-0.2, 0) is 11.2 Å². The molecule has 2 rings (SSSR count). The molecule has 13 nitrogen and oxygen atoms in total. The van der Waals surface area contributed by atoms with Gasteiger partial charge in [0.15, 0.2) is 34.4 Å². The topological polar surface area (TPSA) is 239 Å². The average molecular weight is 563 g/mol. The average Bonchev–Trinajstić information content (AvgIpc) is 2.76. The molecular formula is C20H30Cl3N11O2. The Morgan fingerprint density at radius 2 is 1.58 bits per heavy atom. The van der Waals surface area contributed by atoms with E-state index in [4.69, 9.17) is 40.3 Å². The lowest BCUT2D eigenvalue weighted by Crippen LogP contribution is -2.38. The van der Waals surface area contributed by atoms with Crippen LogP contribution in [0.3, 0.4) is 0 Å². The third-order valence-electron chi connectivity index (χ3n) is 4.39. The number of nitrogen functional groups attached to an aromatic ring is 2. The minimum atomic E-state index is -0.684. The van der Waals surface area contributed by atoms with Gasteiger partial charge in [0.2, 0.25) is 5.91 Å². The first-order valence-electron chi connectivity index (χ1n) is 10.3. The van der Waals surface area contributed by atoms with Crippen LogP contribution in [-0.4, -0.2) is 46.8 Å². The summed E-state index contributed by atoms with van der Waals surface area (Å²) in [5.41, 5.74) is 28.9. The van der Waals surface area contributed by atoms with Crippen molar-refractivity contribution >= 4 is 77.5 Å². The van der Waals surface area contributed by atoms with Crippen molar-refractivity contribution in [2.45, 2.75) is 25.7 Å². The molecule has 1 aromatic heterocycles. The summed E-state index contributed by atoms with van der Waals surface area (Å²) in [7, 11) is 0. The zero-order chi connectivity index (χ0) is 25.1. The molecule has 0 atom stereocenters. The molecule has 0 spiro atoms. The van der Waals surface area contributed by atoms with Crippen LogP contribution in [0.25, 0.3) is 0 Å². The van der Waals surface area contributed by atoms with E-state index >= 15 is 0 Å². The van der Waals surface area contributed by atoms with Gasteiger partial charge >= 0.3 is 0 Å². The number of anilines is 3. The normalized spacial score (nSPS) is 10.4. The molecule has 2 aromatic rings. The number of guanidine groups is 2. The van der Waals surface area contributed by atoms with Crippen molar-refractivity contribution in [2.24, 2.45) is 27.2 Å². The Labute approximate surface area is 225 Å². The number of aliphatic imine (C=N–C) groups is 2. The Balaban J connectivity index is 0.00000612. The molecular weight excluding hydrogens is 533 g/mol. The zero-order valence-electron chi connectivity index (χ0n) is 19.2. The number of aryl methyl sites for hydroxylation is 1. The summed E-state index contributed by atoms with van der Waals surface area (Å²) in [6, 6.07) is 7.54. The van der Waals surface area contributed by atoms with Gasteiger partial charge in [0.1, 0.15) is 0 Å².